The summed E-state index contributed by atoms with van der Waals surface area (Å²) in [5, 5.41) is 3.96. The van der Waals surface area contributed by atoms with Gasteiger partial charge in [0.25, 0.3) is 0 Å². The fourth-order valence-electron chi connectivity index (χ4n) is 3.44. The largest absolute Gasteiger partial charge is 0.496 e. The molecule has 2 aromatic carbocycles. The minimum atomic E-state index is -0.0750. The average Bonchev–Trinajstić information content (AvgIpc) is 3.23. The zero-order valence-corrected chi connectivity index (χ0v) is 19.7. The van der Waals surface area contributed by atoms with Crippen molar-refractivity contribution in [3.63, 3.8) is 0 Å². The monoisotopic (exact) mass is 471 g/mol. The molecule has 0 unspecified atom stereocenters. The molecule has 168 valence electrons. The Morgan fingerprint density at radius 1 is 1.22 bits per heavy atom. The van der Waals surface area contributed by atoms with Crippen molar-refractivity contribution in [3.8, 4) is 5.75 Å². The van der Waals surface area contributed by atoms with E-state index in [0.29, 0.717) is 17.1 Å². The Bertz CT molecular complexity index is 1130. The van der Waals surface area contributed by atoms with E-state index in [1.807, 2.05) is 24.3 Å². The molecule has 0 radical (unpaired) electrons. The molecule has 1 amide bonds. The minimum Gasteiger partial charge on any atom is -0.496 e. The Morgan fingerprint density at radius 3 is 2.78 bits per heavy atom. The van der Waals surface area contributed by atoms with Crippen LogP contribution in [-0.4, -0.2) is 55.8 Å². The number of ether oxygens (including phenoxy) is 2. The number of nitrogens with zero attached hydrogens (tertiary/aromatic N) is 2. The van der Waals surface area contributed by atoms with Gasteiger partial charge >= 0.3 is 0 Å². The normalized spacial score (nSPS) is 13.9. The van der Waals surface area contributed by atoms with Crippen LogP contribution in [0.4, 0.5) is 10.8 Å². The van der Waals surface area contributed by atoms with Gasteiger partial charge in [0, 0.05) is 35.7 Å². The SMILES string of the molecule is COc1ccc(C(C)=O)cc1CSCC(=O)Nc1ccc2nc(N3CCOCC3)sc2c1. The highest BCUT2D eigenvalue weighted by Gasteiger charge is 2.16. The number of carbonyl (C=O) groups excluding carboxylic acids is 2. The van der Waals surface area contributed by atoms with E-state index in [1.54, 1.807) is 30.6 Å². The van der Waals surface area contributed by atoms with E-state index in [0.717, 1.165) is 58.7 Å². The number of hydrogen-bond donors (Lipinski definition) is 1. The van der Waals surface area contributed by atoms with Gasteiger partial charge in [-0.1, -0.05) is 11.3 Å². The smallest absolute Gasteiger partial charge is 0.234 e. The average molecular weight is 472 g/mol. The van der Waals surface area contributed by atoms with Gasteiger partial charge in [0.1, 0.15) is 5.75 Å². The predicted molar refractivity (Wildman–Crippen MR) is 130 cm³/mol. The molecule has 2 heterocycles. The zero-order valence-electron chi connectivity index (χ0n) is 18.1. The van der Waals surface area contributed by atoms with Crippen molar-refractivity contribution in [3.05, 3.63) is 47.5 Å². The molecule has 1 saturated heterocycles. The molecular formula is C23H25N3O4S2. The molecule has 9 heteroatoms. The number of morpholine rings is 1. The van der Waals surface area contributed by atoms with Gasteiger partial charge in [-0.15, -0.1) is 11.8 Å². The summed E-state index contributed by atoms with van der Waals surface area (Å²) in [5.41, 5.74) is 3.23. The van der Waals surface area contributed by atoms with Crippen molar-refractivity contribution in [1.82, 2.24) is 4.98 Å². The minimum absolute atomic E-state index is 0.00637. The van der Waals surface area contributed by atoms with Crippen molar-refractivity contribution in [2.45, 2.75) is 12.7 Å². The summed E-state index contributed by atoms with van der Waals surface area (Å²) in [6.07, 6.45) is 0. The lowest BCUT2D eigenvalue weighted by Gasteiger charge is -2.25. The predicted octanol–water partition coefficient (Wildman–Crippen LogP) is 4.22. The third kappa shape index (κ3) is 5.40. The Kier molecular flexibility index (Phi) is 7.29. The van der Waals surface area contributed by atoms with Crippen molar-refractivity contribution in [2.75, 3.05) is 49.4 Å². The summed E-state index contributed by atoms with van der Waals surface area (Å²) in [7, 11) is 1.60. The Hall–Kier alpha value is -2.62. The number of Topliss-reactive ketones (excluding diaryl/α,β-unsaturated/α-hetero) is 1. The molecule has 0 atom stereocenters. The maximum absolute atomic E-state index is 12.5. The zero-order chi connectivity index (χ0) is 22.5. The van der Waals surface area contributed by atoms with Gasteiger partial charge in [0.05, 0.1) is 36.3 Å². The van der Waals surface area contributed by atoms with Crippen LogP contribution in [0.15, 0.2) is 36.4 Å². The highest BCUT2D eigenvalue weighted by Crippen LogP contribution is 2.31. The molecule has 7 nitrogen and oxygen atoms in total. The quantitative estimate of drug-likeness (QED) is 0.493. The molecule has 3 aromatic rings. The van der Waals surface area contributed by atoms with E-state index in [-0.39, 0.29) is 11.7 Å². The van der Waals surface area contributed by atoms with Crippen LogP contribution in [0.25, 0.3) is 10.2 Å². The molecule has 0 saturated carbocycles. The first-order chi connectivity index (χ1) is 15.5. The van der Waals surface area contributed by atoms with Crippen molar-refractivity contribution >= 4 is 55.8 Å². The molecule has 1 aromatic heterocycles. The first-order valence-corrected chi connectivity index (χ1v) is 12.3. The molecule has 1 N–H and O–H groups in total. The summed E-state index contributed by atoms with van der Waals surface area (Å²) in [4.78, 5) is 31.1. The number of methoxy groups -OCH3 is 1. The number of anilines is 2. The molecule has 1 aliphatic heterocycles. The van der Waals surface area contributed by atoms with Crippen LogP contribution in [-0.2, 0) is 15.3 Å². The maximum Gasteiger partial charge on any atom is 0.234 e. The van der Waals surface area contributed by atoms with Gasteiger partial charge in [-0.3, -0.25) is 9.59 Å². The van der Waals surface area contributed by atoms with Gasteiger partial charge in [0.2, 0.25) is 5.91 Å². The Labute approximate surface area is 195 Å². The maximum atomic E-state index is 12.5. The van der Waals surface area contributed by atoms with Crippen LogP contribution in [0, 0.1) is 0 Å². The Morgan fingerprint density at radius 2 is 2.03 bits per heavy atom. The van der Waals surface area contributed by atoms with E-state index < -0.39 is 0 Å². The third-order valence-electron chi connectivity index (χ3n) is 5.12. The second kappa shape index (κ2) is 10.3. The lowest BCUT2D eigenvalue weighted by molar-refractivity contribution is -0.113. The van der Waals surface area contributed by atoms with Crippen LogP contribution in [0.3, 0.4) is 0 Å². The van der Waals surface area contributed by atoms with Crippen LogP contribution in [0.1, 0.15) is 22.8 Å². The summed E-state index contributed by atoms with van der Waals surface area (Å²) in [5.74, 6) is 1.53. The summed E-state index contributed by atoms with van der Waals surface area (Å²) in [6, 6.07) is 11.2. The number of rotatable bonds is 8. The molecular weight excluding hydrogens is 446 g/mol. The van der Waals surface area contributed by atoms with Gasteiger partial charge in [-0.05, 0) is 43.3 Å². The highest BCUT2D eigenvalue weighted by molar-refractivity contribution is 7.99. The number of hydrogen-bond acceptors (Lipinski definition) is 8. The molecule has 0 spiro atoms. The summed E-state index contributed by atoms with van der Waals surface area (Å²) < 4.78 is 11.8. The summed E-state index contributed by atoms with van der Waals surface area (Å²) >= 11 is 3.11. The van der Waals surface area contributed by atoms with Crippen molar-refractivity contribution in [2.24, 2.45) is 0 Å². The molecule has 0 bridgehead atoms. The van der Waals surface area contributed by atoms with Gasteiger partial charge < -0.3 is 19.7 Å². The molecule has 0 aliphatic carbocycles. The fourth-order valence-corrected chi connectivity index (χ4v) is 5.30. The van der Waals surface area contributed by atoms with Gasteiger partial charge in [-0.25, -0.2) is 4.98 Å². The van der Waals surface area contributed by atoms with Crippen molar-refractivity contribution < 1.29 is 19.1 Å². The van der Waals surface area contributed by atoms with Crippen LogP contribution < -0.4 is 15.0 Å². The highest BCUT2D eigenvalue weighted by atomic mass is 32.2. The standard InChI is InChI=1S/C23H25N3O4S2/c1-15(27)16-3-6-20(29-2)17(11-16)13-31-14-22(28)24-18-4-5-19-21(12-18)32-23(25-19)26-7-9-30-10-8-26/h3-6,11-12H,7-10,13-14H2,1-2H3,(H,24,28). The van der Waals surface area contributed by atoms with E-state index in [1.165, 1.54) is 18.7 Å². The molecule has 4 rings (SSSR count). The number of thioether (sulfide) groups is 1. The summed E-state index contributed by atoms with van der Waals surface area (Å²) in [6.45, 7) is 4.68. The number of benzene rings is 2. The lowest BCUT2D eigenvalue weighted by Crippen LogP contribution is -2.36. The van der Waals surface area contributed by atoms with Crippen LogP contribution in [0.5, 0.6) is 5.75 Å². The van der Waals surface area contributed by atoms with E-state index in [9.17, 15) is 9.59 Å². The van der Waals surface area contributed by atoms with E-state index in [4.69, 9.17) is 14.5 Å². The van der Waals surface area contributed by atoms with Crippen molar-refractivity contribution in [1.29, 1.82) is 0 Å². The van der Waals surface area contributed by atoms with Crippen LogP contribution >= 0.6 is 23.1 Å². The first kappa shape index (κ1) is 22.6. The molecule has 1 fully saturated rings. The van der Waals surface area contributed by atoms with E-state index >= 15 is 0 Å². The van der Waals surface area contributed by atoms with Gasteiger partial charge in [0.15, 0.2) is 10.9 Å². The van der Waals surface area contributed by atoms with Gasteiger partial charge in [-0.2, -0.15) is 0 Å². The number of ketones is 1. The molecule has 32 heavy (non-hydrogen) atoms. The second-order valence-corrected chi connectivity index (χ2v) is 9.40. The third-order valence-corrected chi connectivity index (χ3v) is 7.18. The number of thiazole rings is 1. The number of nitrogens with one attached hydrogen (secondary N) is 1. The molecule has 1 aliphatic rings. The fraction of sp³-hybridized carbons (Fsp3) is 0.348. The number of fused-ring (bicyclic) bond motifs is 1. The number of carbonyl (C=O) groups is 2. The Balaban J connectivity index is 1.35. The second-order valence-electron chi connectivity index (χ2n) is 7.40. The topological polar surface area (TPSA) is 80.8 Å². The first-order valence-electron chi connectivity index (χ1n) is 10.3. The van der Waals surface area contributed by atoms with E-state index in [2.05, 4.69) is 10.2 Å². The number of amides is 1. The number of aromatic nitrogens is 1. The lowest BCUT2D eigenvalue weighted by atomic mass is 10.1. The van der Waals surface area contributed by atoms with Crippen LogP contribution in [0.2, 0.25) is 0 Å².